The standard InChI is InChI=1S/C16H15FO3/c1-10-7-8-11(9-14(10)20-3)16(18)12-5-4-6-13(19-2)15(12)17/h4-9H,1-3H3. The van der Waals surface area contributed by atoms with Crippen LogP contribution in [-0.4, -0.2) is 20.0 Å². The fourth-order valence-electron chi connectivity index (χ4n) is 1.96. The Bertz CT molecular complexity index is 650. The van der Waals surface area contributed by atoms with Gasteiger partial charge in [-0.2, -0.15) is 0 Å². The molecule has 0 radical (unpaired) electrons. The number of methoxy groups -OCH3 is 2. The highest BCUT2D eigenvalue weighted by Gasteiger charge is 2.18. The minimum absolute atomic E-state index is 0.0183. The van der Waals surface area contributed by atoms with Gasteiger partial charge in [0.2, 0.25) is 0 Å². The van der Waals surface area contributed by atoms with Crippen molar-refractivity contribution in [3.63, 3.8) is 0 Å². The van der Waals surface area contributed by atoms with Crippen LogP contribution in [0, 0.1) is 12.7 Å². The topological polar surface area (TPSA) is 35.5 Å². The summed E-state index contributed by atoms with van der Waals surface area (Å²) < 4.78 is 24.2. The van der Waals surface area contributed by atoms with Crippen LogP contribution in [0.1, 0.15) is 21.5 Å². The molecule has 0 amide bonds. The van der Waals surface area contributed by atoms with E-state index in [4.69, 9.17) is 9.47 Å². The van der Waals surface area contributed by atoms with Crippen LogP contribution in [0.15, 0.2) is 36.4 Å². The summed E-state index contributed by atoms with van der Waals surface area (Å²) in [6, 6.07) is 9.52. The van der Waals surface area contributed by atoms with E-state index in [0.29, 0.717) is 11.3 Å². The van der Waals surface area contributed by atoms with Crippen LogP contribution in [-0.2, 0) is 0 Å². The lowest BCUT2D eigenvalue weighted by Gasteiger charge is -2.09. The molecule has 0 aromatic heterocycles. The smallest absolute Gasteiger partial charge is 0.196 e. The number of halogens is 1. The molecule has 0 N–H and O–H groups in total. The maximum Gasteiger partial charge on any atom is 0.196 e. The van der Waals surface area contributed by atoms with E-state index in [2.05, 4.69) is 0 Å². The van der Waals surface area contributed by atoms with E-state index < -0.39 is 11.6 Å². The van der Waals surface area contributed by atoms with E-state index in [9.17, 15) is 9.18 Å². The van der Waals surface area contributed by atoms with Gasteiger partial charge in [-0.1, -0.05) is 18.2 Å². The van der Waals surface area contributed by atoms with Crippen molar-refractivity contribution in [2.75, 3.05) is 14.2 Å². The van der Waals surface area contributed by atoms with Gasteiger partial charge < -0.3 is 9.47 Å². The van der Waals surface area contributed by atoms with Crippen molar-refractivity contribution in [2.45, 2.75) is 6.92 Å². The number of carbonyl (C=O) groups excluding carboxylic acids is 1. The van der Waals surface area contributed by atoms with Gasteiger partial charge in [-0.3, -0.25) is 4.79 Å². The first-order chi connectivity index (χ1) is 9.58. The molecule has 0 heterocycles. The largest absolute Gasteiger partial charge is 0.496 e. The van der Waals surface area contributed by atoms with E-state index in [1.54, 1.807) is 24.3 Å². The normalized spacial score (nSPS) is 10.2. The Morgan fingerprint density at radius 1 is 1.05 bits per heavy atom. The van der Waals surface area contributed by atoms with Crippen LogP contribution in [0.2, 0.25) is 0 Å². The molecule has 4 heteroatoms. The van der Waals surface area contributed by atoms with Crippen LogP contribution in [0.5, 0.6) is 11.5 Å². The molecule has 3 nitrogen and oxygen atoms in total. The van der Waals surface area contributed by atoms with Crippen LogP contribution in [0.25, 0.3) is 0 Å². The molecule has 0 spiro atoms. The number of benzene rings is 2. The molecule has 0 atom stereocenters. The highest BCUT2D eigenvalue weighted by Crippen LogP contribution is 2.25. The molecule has 0 saturated heterocycles. The van der Waals surface area contributed by atoms with Crippen molar-refractivity contribution in [3.8, 4) is 11.5 Å². The lowest BCUT2D eigenvalue weighted by molar-refractivity contribution is 0.103. The SMILES string of the molecule is COc1cc(C(=O)c2cccc(OC)c2F)ccc1C. The Morgan fingerprint density at radius 2 is 1.75 bits per heavy atom. The molecule has 2 rings (SSSR count). The Kier molecular flexibility index (Phi) is 4.03. The third-order valence-corrected chi connectivity index (χ3v) is 3.10. The number of ketones is 1. The molecule has 0 unspecified atom stereocenters. The molecule has 104 valence electrons. The van der Waals surface area contributed by atoms with Gasteiger partial charge in [-0.05, 0) is 30.7 Å². The van der Waals surface area contributed by atoms with Gasteiger partial charge in [-0.15, -0.1) is 0 Å². The minimum Gasteiger partial charge on any atom is -0.496 e. The molecule has 0 fully saturated rings. The lowest BCUT2D eigenvalue weighted by atomic mass is 10.0. The van der Waals surface area contributed by atoms with Crippen LogP contribution in [0.3, 0.4) is 0 Å². The Labute approximate surface area is 117 Å². The molecular formula is C16H15FO3. The maximum atomic E-state index is 14.1. The molecule has 2 aromatic carbocycles. The van der Waals surface area contributed by atoms with Gasteiger partial charge in [0.25, 0.3) is 0 Å². The Hall–Kier alpha value is -2.36. The molecule has 0 aliphatic rings. The number of ether oxygens (including phenoxy) is 2. The van der Waals surface area contributed by atoms with Crippen LogP contribution >= 0.6 is 0 Å². The molecule has 2 aromatic rings. The summed E-state index contributed by atoms with van der Waals surface area (Å²) in [5, 5.41) is 0. The van der Waals surface area contributed by atoms with Gasteiger partial charge in [0, 0.05) is 5.56 Å². The van der Waals surface area contributed by atoms with Crippen molar-refractivity contribution in [1.82, 2.24) is 0 Å². The van der Waals surface area contributed by atoms with E-state index in [-0.39, 0.29) is 11.3 Å². The fourth-order valence-corrected chi connectivity index (χ4v) is 1.96. The van der Waals surface area contributed by atoms with Crippen LogP contribution < -0.4 is 9.47 Å². The van der Waals surface area contributed by atoms with Gasteiger partial charge in [0.15, 0.2) is 17.3 Å². The zero-order valence-electron chi connectivity index (χ0n) is 11.6. The van der Waals surface area contributed by atoms with Crippen molar-refractivity contribution in [1.29, 1.82) is 0 Å². The third kappa shape index (κ3) is 2.50. The summed E-state index contributed by atoms with van der Waals surface area (Å²) in [7, 11) is 2.89. The molecule has 20 heavy (non-hydrogen) atoms. The lowest BCUT2D eigenvalue weighted by Crippen LogP contribution is -2.06. The van der Waals surface area contributed by atoms with Gasteiger partial charge in [0.1, 0.15) is 5.75 Å². The first-order valence-corrected chi connectivity index (χ1v) is 6.10. The number of rotatable bonds is 4. The minimum atomic E-state index is -0.653. The zero-order valence-corrected chi connectivity index (χ0v) is 11.6. The Balaban J connectivity index is 2.46. The highest BCUT2D eigenvalue weighted by atomic mass is 19.1. The third-order valence-electron chi connectivity index (χ3n) is 3.10. The first kappa shape index (κ1) is 14.1. The number of carbonyl (C=O) groups is 1. The summed E-state index contributed by atoms with van der Waals surface area (Å²) in [4.78, 5) is 12.4. The maximum absolute atomic E-state index is 14.1. The molecule has 0 aliphatic carbocycles. The number of aryl methyl sites for hydroxylation is 1. The van der Waals surface area contributed by atoms with Crippen molar-refractivity contribution >= 4 is 5.78 Å². The van der Waals surface area contributed by atoms with Crippen molar-refractivity contribution in [3.05, 3.63) is 58.9 Å². The first-order valence-electron chi connectivity index (χ1n) is 6.10. The summed E-state index contributed by atoms with van der Waals surface area (Å²) in [5.74, 6) is -0.409. The second-order valence-corrected chi connectivity index (χ2v) is 4.34. The zero-order chi connectivity index (χ0) is 14.7. The molecule has 0 aliphatic heterocycles. The summed E-state index contributed by atoms with van der Waals surface area (Å²) in [5.41, 5.74) is 1.27. The predicted molar refractivity (Wildman–Crippen MR) is 74.1 cm³/mol. The summed E-state index contributed by atoms with van der Waals surface area (Å²) in [6.45, 7) is 1.87. The summed E-state index contributed by atoms with van der Waals surface area (Å²) >= 11 is 0. The van der Waals surface area contributed by atoms with Crippen molar-refractivity contribution in [2.24, 2.45) is 0 Å². The van der Waals surface area contributed by atoms with Crippen molar-refractivity contribution < 1.29 is 18.7 Å². The number of hydrogen-bond acceptors (Lipinski definition) is 3. The van der Waals surface area contributed by atoms with Gasteiger partial charge in [-0.25, -0.2) is 4.39 Å². The quantitative estimate of drug-likeness (QED) is 0.802. The van der Waals surface area contributed by atoms with E-state index >= 15 is 0 Å². The van der Waals surface area contributed by atoms with Crippen LogP contribution in [0.4, 0.5) is 4.39 Å². The van der Waals surface area contributed by atoms with E-state index in [1.807, 2.05) is 6.92 Å². The molecule has 0 saturated carbocycles. The van der Waals surface area contributed by atoms with Gasteiger partial charge >= 0.3 is 0 Å². The Morgan fingerprint density at radius 3 is 2.40 bits per heavy atom. The molecular weight excluding hydrogens is 259 g/mol. The second kappa shape index (κ2) is 5.74. The van der Waals surface area contributed by atoms with Gasteiger partial charge in [0.05, 0.1) is 19.8 Å². The number of hydrogen-bond donors (Lipinski definition) is 0. The molecule has 0 bridgehead atoms. The highest BCUT2D eigenvalue weighted by molar-refractivity contribution is 6.09. The summed E-state index contributed by atoms with van der Waals surface area (Å²) in [6.07, 6.45) is 0. The monoisotopic (exact) mass is 274 g/mol. The second-order valence-electron chi connectivity index (χ2n) is 4.34. The van der Waals surface area contributed by atoms with E-state index in [1.165, 1.54) is 26.4 Å². The average Bonchev–Trinajstić information content (AvgIpc) is 2.47. The average molecular weight is 274 g/mol. The fraction of sp³-hybridized carbons (Fsp3) is 0.188. The predicted octanol–water partition coefficient (Wildman–Crippen LogP) is 3.38. The van der Waals surface area contributed by atoms with E-state index in [0.717, 1.165) is 5.56 Å².